The van der Waals surface area contributed by atoms with E-state index >= 15 is 0 Å². The number of hydrogen-bond donors (Lipinski definition) is 1. The summed E-state index contributed by atoms with van der Waals surface area (Å²) in [6, 6.07) is -1.92. The van der Waals surface area contributed by atoms with E-state index in [2.05, 4.69) is 16.6 Å². The van der Waals surface area contributed by atoms with Crippen LogP contribution in [0.5, 0.6) is 0 Å². The summed E-state index contributed by atoms with van der Waals surface area (Å²) in [6.07, 6.45) is -0.0874. The quantitative estimate of drug-likeness (QED) is 0.398. The van der Waals surface area contributed by atoms with Crippen LogP contribution in [0.25, 0.3) is 0 Å². The van der Waals surface area contributed by atoms with Gasteiger partial charge in [-0.1, -0.05) is 12.7 Å². The molecule has 6 nitrogen and oxygen atoms in total. The Morgan fingerprint density at radius 3 is 2.80 bits per heavy atom. The van der Waals surface area contributed by atoms with Crippen molar-refractivity contribution < 1.29 is 36.7 Å². The molecule has 2 aliphatic rings. The van der Waals surface area contributed by atoms with E-state index in [-0.39, 0.29) is 13.2 Å². The smallest absolute Gasteiger partial charge is 0.345 e. The van der Waals surface area contributed by atoms with Crippen molar-refractivity contribution in [3.05, 3.63) is 12.7 Å². The first-order valence-electron chi connectivity index (χ1n) is 7.82. The number of hydroxylamine groups is 2. The standard InChI is InChI=1S/C15H22F4N2O4/c1-4-5-23-12(22)14(2,3)10(25-13(16)17)6-21-11-9(7-24-21)20-8-15(11,18)19/h4,9-11,13,20H,1,5-8H2,2-3H3/t9-,10+,11+/m1/s1. The van der Waals surface area contributed by atoms with Crippen molar-refractivity contribution in [2.75, 3.05) is 26.3 Å². The molecule has 0 amide bonds. The average molecular weight is 370 g/mol. The third kappa shape index (κ3) is 4.30. The SMILES string of the molecule is C=CCOC(=O)C(C)(C)[C@H](CN1OC[C@H]2NCC(F)(F)[C@H]21)OC(F)F. The molecule has 0 aromatic heterocycles. The number of halogens is 4. The molecule has 0 spiro atoms. The third-order valence-electron chi connectivity index (χ3n) is 4.42. The number of hydrogen-bond acceptors (Lipinski definition) is 6. The molecule has 0 unspecified atom stereocenters. The van der Waals surface area contributed by atoms with Crippen LogP contribution in [0.1, 0.15) is 13.8 Å². The van der Waals surface area contributed by atoms with Gasteiger partial charge in [0.2, 0.25) is 0 Å². The van der Waals surface area contributed by atoms with E-state index in [4.69, 9.17) is 9.57 Å². The van der Waals surface area contributed by atoms with Crippen LogP contribution in [0.3, 0.4) is 0 Å². The molecule has 2 saturated heterocycles. The molecular weight excluding hydrogens is 348 g/mol. The van der Waals surface area contributed by atoms with Gasteiger partial charge < -0.3 is 14.8 Å². The van der Waals surface area contributed by atoms with E-state index < -0.39 is 55.2 Å². The Morgan fingerprint density at radius 2 is 2.20 bits per heavy atom. The maximum atomic E-state index is 14.0. The Hall–Kier alpha value is -1.23. The highest BCUT2D eigenvalue weighted by Crippen LogP contribution is 2.37. The minimum absolute atomic E-state index is 0.0109. The number of ether oxygens (including phenoxy) is 2. The molecule has 25 heavy (non-hydrogen) atoms. The van der Waals surface area contributed by atoms with Crippen LogP contribution in [0.4, 0.5) is 17.6 Å². The predicted octanol–water partition coefficient (Wildman–Crippen LogP) is 1.57. The maximum absolute atomic E-state index is 14.0. The Bertz CT molecular complexity index is 504. The number of esters is 1. The molecule has 0 aliphatic carbocycles. The minimum atomic E-state index is -3.18. The second kappa shape index (κ2) is 7.56. The van der Waals surface area contributed by atoms with E-state index in [0.29, 0.717) is 0 Å². The number of alkyl halides is 4. The fourth-order valence-corrected chi connectivity index (χ4v) is 2.94. The Kier molecular flexibility index (Phi) is 6.08. The largest absolute Gasteiger partial charge is 0.461 e. The van der Waals surface area contributed by atoms with Crippen molar-refractivity contribution in [2.24, 2.45) is 5.41 Å². The zero-order valence-electron chi connectivity index (χ0n) is 14.0. The lowest BCUT2D eigenvalue weighted by molar-refractivity contribution is -0.240. The summed E-state index contributed by atoms with van der Waals surface area (Å²) in [5.74, 6) is -3.88. The van der Waals surface area contributed by atoms with Crippen molar-refractivity contribution in [1.29, 1.82) is 0 Å². The Morgan fingerprint density at radius 1 is 1.52 bits per heavy atom. The topological polar surface area (TPSA) is 60.0 Å². The lowest BCUT2D eigenvalue weighted by atomic mass is 9.86. The highest BCUT2D eigenvalue weighted by atomic mass is 19.3. The summed E-state index contributed by atoms with van der Waals surface area (Å²) < 4.78 is 63.1. The van der Waals surface area contributed by atoms with Crippen molar-refractivity contribution in [3.8, 4) is 0 Å². The van der Waals surface area contributed by atoms with Crippen LogP contribution in [0.2, 0.25) is 0 Å². The van der Waals surface area contributed by atoms with Crippen molar-refractivity contribution in [3.63, 3.8) is 0 Å². The van der Waals surface area contributed by atoms with Gasteiger partial charge >= 0.3 is 12.6 Å². The van der Waals surface area contributed by atoms with Gasteiger partial charge in [0.05, 0.1) is 37.3 Å². The van der Waals surface area contributed by atoms with Crippen molar-refractivity contribution in [1.82, 2.24) is 10.4 Å². The van der Waals surface area contributed by atoms with Gasteiger partial charge in [0.25, 0.3) is 5.92 Å². The number of carbonyl (C=O) groups excluding carboxylic acids is 1. The van der Waals surface area contributed by atoms with E-state index in [9.17, 15) is 22.4 Å². The van der Waals surface area contributed by atoms with E-state index in [1.54, 1.807) is 0 Å². The molecule has 144 valence electrons. The zero-order valence-corrected chi connectivity index (χ0v) is 14.0. The van der Waals surface area contributed by atoms with Gasteiger partial charge in [-0.25, -0.2) is 8.78 Å². The second-order valence-corrected chi connectivity index (χ2v) is 6.58. The normalized spacial score (nSPS) is 27.3. The van der Waals surface area contributed by atoms with E-state index in [1.807, 2.05) is 0 Å². The lowest BCUT2D eigenvalue weighted by Crippen LogP contribution is -2.52. The number of fused-ring (bicyclic) bond motifs is 1. The first-order chi connectivity index (χ1) is 11.6. The summed E-state index contributed by atoms with van der Waals surface area (Å²) in [5, 5.41) is 3.56. The molecule has 0 saturated carbocycles. The second-order valence-electron chi connectivity index (χ2n) is 6.58. The summed E-state index contributed by atoms with van der Waals surface area (Å²) in [6.45, 7) is 1.85. The van der Waals surface area contributed by atoms with E-state index in [0.717, 1.165) is 5.06 Å². The monoisotopic (exact) mass is 370 g/mol. The molecular formula is C15H22F4N2O4. The van der Waals surface area contributed by atoms with Gasteiger partial charge in [-0.15, -0.1) is 0 Å². The van der Waals surface area contributed by atoms with Crippen molar-refractivity contribution >= 4 is 5.97 Å². The first kappa shape index (κ1) is 20.1. The highest BCUT2D eigenvalue weighted by molar-refractivity contribution is 5.76. The first-order valence-corrected chi connectivity index (χ1v) is 7.82. The Balaban J connectivity index is 2.14. The molecule has 0 aromatic rings. The zero-order chi connectivity index (χ0) is 18.8. The van der Waals surface area contributed by atoms with E-state index in [1.165, 1.54) is 19.9 Å². The average Bonchev–Trinajstić information content (AvgIpc) is 3.05. The molecule has 2 aliphatic heterocycles. The molecule has 1 N–H and O–H groups in total. The summed E-state index contributed by atoms with van der Waals surface area (Å²) in [7, 11) is 0. The molecule has 10 heteroatoms. The van der Waals surface area contributed by atoms with Gasteiger partial charge in [-0.3, -0.25) is 9.63 Å². The van der Waals surface area contributed by atoms with Crippen LogP contribution in [0, 0.1) is 5.41 Å². The van der Waals surface area contributed by atoms with Gasteiger partial charge in [-0.05, 0) is 13.8 Å². The van der Waals surface area contributed by atoms with Crippen LogP contribution < -0.4 is 5.32 Å². The van der Waals surface area contributed by atoms with Crippen LogP contribution in [-0.4, -0.2) is 68.1 Å². The number of carbonyl (C=O) groups is 1. The van der Waals surface area contributed by atoms with Gasteiger partial charge in [0, 0.05) is 0 Å². The number of nitrogens with zero attached hydrogens (tertiary/aromatic N) is 1. The molecule has 2 heterocycles. The Labute approximate surface area is 143 Å². The van der Waals surface area contributed by atoms with Crippen molar-refractivity contribution in [2.45, 2.75) is 44.6 Å². The van der Waals surface area contributed by atoms with Gasteiger partial charge in [0.15, 0.2) is 0 Å². The van der Waals surface area contributed by atoms with Gasteiger partial charge in [0.1, 0.15) is 12.6 Å². The molecule has 2 fully saturated rings. The summed E-state index contributed by atoms with van der Waals surface area (Å²) in [5.41, 5.74) is -1.51. The third-order valence-corrected chi connectivity index (χ3v) is 4.42. The fraction of sp³-hybridized carbons (Fsp3) is 0.800. The maximum Gasteiger partial charge on any atom is 0.345 e. The summed E-state index contributed by atoms with van der Waals surface area (Å²) in [4.78, 5) is 17.4. The lowest BCUT2D eigenvalue weighted by Gasteiger charge is -2.36. The van der Waals surface area contributed by atoms with Crippen LogP contribution >= 0.6 is 0 Å². The highest BCUT2D eigenvalue weighted by Gasteiger charge is 2.58. The van der Waals surface area contributed by atoms with Crippen LogP contribution in [0.15, 0.2) is 12.7 Å². The summed E-state index contributed by atoms with van der Waals surface area (Å²) >= 11 is 0. The minimum Gasteiger partial charge on any atom is -0.461 e. The fourth-order valence-electron chi connectivity index (χ4n) is 2.94. The predicted molar refractivity (Wildman–Crippen MR) is 79.0 cm³/mol. The number of rotatable bonds is 8. The van der Waals surface area contributed by atoms with Crippen LogP contribution in [-0.2, 0) is 19.1 Å². The number of nitrogens with one attached hydrogen (secondary N) is 1. The molecule has 3 atom stereocenters. The molecule has 0 radical (unpaired) electrons. The molecule has 0 bridgehead atoms. The van der Waals surface area contributed by atoms with Gasteiger partial charge in [-0.2, -0.15) is 13.8 Å². The molecule has 2 rings (SSSR count). The molecule has 0 aromatic carbocycles.